The summed E-state index contributed by atoms with van der Waals surface area (Å²) in [6, 6.07) is 21.8. The number of rotatable bonds is 8. The number of nitrogens with zero attached hydrogens (tertiary/aromatic N) is 1. The van der Waals surface area contributed by atoms with Crippen LogP contribution in [-0.2, 0) is 33.6 Å². The van der Waals surface area contributed by atoms with Crippen molar-refractivity contribution in [2.24, 2.45) is 0 Å². The molecule has 0 amide bonds. The number of carbonyl (C=O) groups is 4. The first kappa shape index (κ1) is 38.5. The number of aryl methyl sites for hydroxylation is 1. The van der Waals surface area contributed by atoms with E-state index in [2.05, 4.69) is 4.98 Å². The number of phenols is 2. The Morgan fingerprint density at radius 2 is 1.05 bits per heavy atom. The number of phenolic OH excluding ortho intramolecular Hbond substituents is 2. The van der Waals surface area contributed by atoms with Crippen molar-refractivity contribution in [1.29, 1.82) is 0 Å². The van der Waals surface area contributed by atoms with E-state index in [1.807, 2.05) is 0 Å². The molecule has 2 N–H and O–H groups in total. The van der Waals surface area contributed by atoms with Gasteiger partial charge in [0.15, 0.2) is 0 Å². The second-order valence-electron chi connectivity index (χ2n) is 8.52. The lowest BCUT2D eigenvalue weighted by atomic mass is 10.1. The molecule has 13 heteroatoms. The molecule has 0 saturated carbocycles. The lowest BCUT2D eigenvalue weighted by Crippen LogP contribution is -1.92. The maximum Gasteiger partial charge on any atom is 0.253 e. The SMILES string of the molecule is O=C(Cl)CCc1ccc(O)cc1.O=C(Cl)Cc1ccc(F)cc1.O=C(Cl)Cc1ccc(O)cc1.O=C(Cl)c1ccc(Cl)nc1. The van der Waals surface area contributed by atoms with Gasteiger partial charge < -0.3 is 10.2 Å². The molecule has 44 heavy (non-hydrogen) atoms. The molecule has 0 fully saturated rings. The van der Waals surface area contributed by atoms with E-state index in [9.17, 15) is 23.6 Å². The molecule has 0 aliphatic carbocycles. The van der Waals surface area contributed by atoms with Crippen molar-refractivity contribution >= 4 is 79.0 Å². The lowest BCUT2D eigenvalue weighted by molar-refractivity contribution is -0.112. The van der Waals surface area contributed by atoms with Crippen LogP contribution in [0.3, 0.4) is 0 Å². The van der Waals surface area contributed by atoms with Crippen LogP contribution in [0.25, 0.3) is 0 Å². The van der Waals surface area contributed by atoms with Crippen LogP contribution in [-0.4, -0.2) is 36.2 Å². The Hall–Kier alpha value is -3.53. The van der Waals surface area contributed by atoms with Gasteiger partial charge in [-0.25, -0.2) is 9.37 Å². The van der Waals surface area contributed by atoms with Crippen molar-refractivity contribution in [3.63, 3.8) is 0 Å². The molecule has 232 valence electrons. The molecular weight excluding hydrogens is 679 g/mol. The second kappa shape index (κ2) is 21.2. The van der Waals surface area contributed by atoms with E-state index in [4.69, 9.17) is 68.2 Å². The van der Waals surface area contributed by atoms with E-state index in [1.165, 1.54) is 54.7 Å². The summed E-state index contributed by atoms with van der Waals surface area (Å²) in [7, 11) is 0. The van der Waals surface area contributed by atoms with Gasteiger partial charge in [0.25, 0.3) is 5.24 Å². The number of carbonyl (C=O) groups excluding carboxylic acids is 4. The van der Waals surface area contributed by atoms with Gasteiger partial charge in [0.2, 0.25) is 15.7 Å². The number of pyridine rings is 1. The molecule has 3 aromatic carbocycles. The molecule has 0 spiro atoms. The highest BCUT2D eigenvalue weighted by atomic mass is 35.5. The summed E-state index contributed by atoms with van der Waals surface area (Å²) in [4.78, 5) is 45.3. The van der Waals surface area contributed by atoms with E-state index in [0.717, 1.165) is 16.7 Å². The van der Waals surface area contributed by atoms with Crippen LogP contribution >= 0.6 is 58.0 Å². The minimum absolute atomic E-state index is 0.155. The molecule has 0 radical (unpaired) electrons. The third kappa shape index (κ3) is 18.9. The fourth-order valence-corrected chi connectivity index (χ4v) is 3.56. The summed E-state index contributed by atoms with van der Waals surface area (Å²) in [5, 5.41) is 16.5. The van der Waals surface area contributed by atoms with Gasteiger partial charge in [-0.2, -0.15) is 0 Å². The monoisotopic (exact) mass is 701 g/mol. The fraction of sp³-hybridized carbons (Fsp3) is 0.129. The summed E-state index contributed by atoms with van der Waals surface area (Å²) in [5.74, 6) is 0.113. The Labute approximate surface area is 278 Å². The van der Waals surface area contributed by atoms with E-state index in [0.29, 0.717) is 23.6 Å². The minimum atomic E-state index is -0.524. The molecule has 4 aromatic rings. The molecule has 0 aliphatic heterocycles. The van der Waals surface area contributed by atoms with Crippen LogP contribution < -0.4 is 0 Å². The Kier molecular flexibility index (Phi) is 18.6. The number of aromatic hydroxyl groups is 2. The quantitative estimate of drug-likeness (QED) is 0.141. The van der Waals surface area contributed by atoms with Gasteiger partial charge in [0.05, 0.1) is 5.56 Å². The Morgan fingerprint density at radius 3 is 1.41 bits per heavy atom. The van der Waals surface area contributed by atoms with Crippen LogP contribution in [0.2, 0.25) is 5.15 Å². The van der Waals surface area contributed by atoms with Crippen molar-refractivity contribution in [2.45, 2.75) is 25.7 Å². The van der Waals surface area contributed by atoms with Crippen molar-refractivity contribution in [1.82, 2.24) is 4.98 Å². The number of hydrogen-bond donors (Lipinski definition) is 2. The van der Waals surface area contributed by atoms with E-state index < -0.39 is 15.7 Å². The van der Waals surface area contributed by atoms with Crippen molar-refractivity contribution < 1.29 is 33.8 Å². The van der Waals surface area contributed by atoms with Crippen LogP contribution in [0.1, 0.15) is 33.5 Å². The van der Waals surface area contributed by atoms with Crippen LogP contribution in [0.4, 0.5) is 4.39 Å². The van der Waals surface area contributed by atoms with Gasteiger partial charge in [-0.3, -0.25) is 19.2 Å². The van der Waals surface area contributed by atoms with Gasteiger partial charge in [-0.05, 0) is 118 Å². The molecule has 0 saturated heterocycles. The Morgan fingerprint density at radius 1 is 0.614 bits per heavy atom. The molecule has 7 nitrogen and oxygen atoms in total. The summed E-state index contributed by atoms with van der Waals surface area (Å²) in [6.07, 6.45) is 2.66. The number of benzene rings is 3. The lowest BCUT2D eigenvalue weighted by Gasteiger charge is -1.97. The third-order valence-electron chi connectivity index (χ3n) is 5.04. The Bertz CT molecular complexity index is 1430. The number of aromatic nitrogens is 1. The zero-order valence-electron chi connectivity index (χ0n) is 22.7. The van der Waals surface area contributed by atoms with Gasteiger partial charge in [-0.15, -0.1) is 0 Å². The average molecular weight is 704 g/mol. The summed E-state index contributed by atoms with van der Waals surface area (Å²) >= 11 is 26.0. The maximum absolute atomic E-state index is 12.3. The predicted molar refractivity (Wildman–Crippen MR) is 170 cm³/mol. The molecule has 0 unspecified atom stereocenters. The van der Waals surface area contributed by atoms with E-state index in [1.54, 1.807) is 36.4 Å². The fourth-order valence-electron chi connectivity index (χ4n) is 2.93. The zero-order valence-corrected chi connectivity index (χ0v) is 26.5. The number of hydrogen-bond acceptors (Lipinski definition) is 7. The van der Waals surface area contributed by atoms with Gasteiger partial charge in [-0.1, -0.05) is 48.0 Å². The van der Waals surface area contributed by atoms with Gasteiger partial charge >= 0.3 is 0 Å². The smallest absolute Gasteiger partial charge is 0.253 e. The highest BCUT2D eigenvalue weighted by molar-refractivity contribution is 6.67. The molecule has 1 aromatic heterocycles. The highest BCUT2D eigenvalue weighted by Crippen LogP contribution is 2.12. The van der Waals surface area contributed by atoms with E-state index >= 15 is 0 Å². The maximum atomic E-state index is 12.3. The number of halogens is 6. The largest absolute Gasteiger partial charge is 0.508 e. The van der Waals surface area contributed by atoms with Crippen LogP contribution in [0.5, 0.6) is 11.5 Å². The predicted octanol–water partition coefficient (Wildman–Crippen LogP) is 8.04. The molecule has 0 aliphatic rings. The van der Waals surface area contributed by atoms with Gasteiger partial charge in [0.1, 0.15) is 22.5 Å². The van der Waals surface area contributed by atoms with Crippen molar-refractivity contribution in [2.75, 3.05) is 0 Å². The molecule has 0 atom stereocenters. The summed E-state index contributed by atoms with van der Waals surface area (Å²) in [5.41, 5.74) is 2.89. The van der Waals surface area contributed by atoms with Gasteiger partial charge in [0, 0.05) is 25.5 Å². The summed E-state index contributed by atoms with van der Waals surface area (Å²) in [6.45, 7) is 0. The molecular formula is C31H25Cl5FNO6. The highest BCUT2D eigenvalue weighted by Gasteiger charge is 2.01. The first-order valence-corrected chi connectivity index (χ1v) is 14.3. The third-order valence-corrected chi connectivity index (χ3v) is 5.93. The normalized spacial score (nSPS) is 9.59. The molecule has 4 rings (SSSR count). The molecule has 1 heterocycles. The standard InChI is InChI=1S/C9H9ClO2.C8H6ClFO.C8H7ClO2.C6H3Cl2NO/c10-9(12)6-3-7-1-4-8(11)5-2-7;2*9-8(11)5-6-1-3-7(10)4-2-6;7-5-2-1-4(3-9-5)6(8)10/h1-2,4-5,11H,3,6H2;1-4H,5H2;1-4,10H,5H2;1-3H. The summed E-state index contributed by atoms with van der Waals surface area (Å²) < 4.78 is 12.3. The average Bonchev–Trinajstić information content (AvgIpc) is 2.96. The van der Waals surface area contributed by atoms with E-state index in [-0.39, 0.29) is 35.4 Å². The van der Waals surface area contributed by atoms with Crippen molar-refractivity contribution in [3.8, 4) is 11.5 Å². The van der Waals surface area contributed by atoms with Crippen molar-refractivity contribution in [3.05, 3.63) is 124 Å². The second-order valence-corrected chi connectivity index (χ2v) is 10.5. The topological polar surface area (TPSA) is 122 Å². The van der Waals surface area contributed by atoms with Crippen LogP contribution in [0, 0.1) is 5.82 Å². The minimum Gasteiger partial charge on any atom is -0.508 e. The zero-order chi connectivity index (χ0) is 33.1. The molecule has 0 bridgehead atoms. The Balaban J connectivity index is 0.000000294. The first-order valence-electron chi connectivity index (χ1n) is 12.4. The van der Waals surface area contributed by atoms with Crippen LogP contribution in [0.15, 0.2) is 91.1 Å². The first-order chi connectivity index (χ1) is 20.7.